The highest BCUT2D eigenvalue weighted by atomic mass is 79.9. The topological polar surface area (TPSA) is 29.5 Å². The van der Waals surface area contributed by atoms with Crippen molar-refractivity contribution in [1.29, 1.82) is 0 Å². The molecule has 0 aliphatic rings. The molecule has 0 saturated heterocycles. The van der Waals surface area contributed by atoms with Crippen molar-refractivity contribution >= 4 is 27.5 Å². The molecule has 0 amide bonds. The first-order chi connectivity index (χ1) is 9.86. The lowest BCUT2D eigenvalue weighted by Crippen LogP contribution is -2.08. The molecule has 0 bridgehead atoms. The fourth-order valence-corrected chi connectivity index (χ4v) is 3.07. The van der Waals surface area contributed by atoms with Gasteiger partial charge in [-0.15, -0.1) is 0 Å². The fraction of sp³-hybridized carbons (Fsp3) is 0.250. The minimum absolute atomic E-state index is 0.165. The highest BCUT2D eigenvalue weighted by Gasteiger charge is 2.23. The molecule has 0 heterocycles. The van der Waals surface area contributed by atoms with Gasteiger partial charge in [0.1, 0.15) is 17.7 Å². The number of aryl methyl sites for hydroxylation is 1. The van der Waals surface area contributed by atoms with Gasteiger partial charge in [0.2, 0.25) is 0 Å². The van der Waals surface area contributed by atoms with E-state index in [1.54, 1.807) is 6.07 Å². The van der Waals surface area contributed by atoms with Crippen molar-refractivity contribution in [2.24, 2.45) is 0 Å². The van der Waals surface area contributed by atoms with Gasteiger partial charge >= 0.3 is 0 Å². The van der Waals surface area contributed by atoms with E-state index in [1.165, 1.54) is 19.2 Å². The molecule has 0 aliphatic heterocycles. The van der Waals surface area contributed by atoms with E-state index >= 15 is 0 Å². The Labute approximate surface area is 136 Å². The SMILES string of the molecule is COc1c(C)cc(Br)c(C)c1C(O)c1ccc(Cl)cc1F. The van der Waals surface area contributed by atoms with Crippen molar-refractivity contribution in [2.75, 3.05) is 7.11 Å². The number of hydrogen-bond acceptors (Lipinski definition) is 2. The second-order valence-electron chi connectivity index (χ2n) is 4.82. The molecule has 0 aliphatic carbocycles. The first-order valence-electron chi connectivity index (χ1n) is 6.33. The maximum atomic E-state index is 14.1. The van der Waals surface area contributed by atoms with Crippen molar-refractivity contribution in [1.82, 2.24) is 0 Å². The van der Waals surface area contributed by atoms with Crippen LogP contribution in [0.15, 0.2) is 28.7 Å². The summed E-state index contributed by atoms with van der Waals surface area (Å²) < 4.78 is 20.3. The van der Waals surface area contributed by atoms with Crippen LogP contribution in [0.3, 0.4) is 0 Å². The zero-order valence-corrected chi connectivity index (χ0v) is 14.2. The second kappa shape index (κ2) is 6.34. The van der Waals surface area contributed by atoms with Crippen molar-refractivity contribution in [2.45, 2.75) is 20.0 Å². The zero-order valence-electron chi connectivity index (χ0n) is 11.9. The monoisotopic (exact) mass is 372 g/mol. The van der Waals surface area contributed by atoms with Gasteiger partial charge in [0.25, 0.3) is 0 Å². The van der Waals surface area contributed by atoms with Crippen LogP contribution < -0.4 is 4.74 Å². The molecule has 1 unspecified atom stereocenters. The van der Waals surface area contributed by atoms with Crippen LogP contribution >= 0.6 is 27.5 Å². The molecule has 112 valence electrons. The van der Waals surface area contributed by atoms with Crippen LogP contribution in [0.25, 0.3) is 0 Å². The van der Waals surface area contributed by atoms with Gasteiger partial charge in [-0.1, -0.05) is 33.6 Å². The summed E-state index contributed by atoms with van der Waals surface area (Å²) in [6.07, 6.45) is -1.13. The normalized spacial score (nSPS) is 12.3. The molecule has 2 aromatic carbocycles. The number of ether oxygens (including phenoxy) is 1. The van der Waals surface area contributed by atoms with Crippen molar-refractivity contribution in [3.8, 4) is 5.75 Å². The summed E-state index contributed by atoms with van der Waals surface area (Å²) in [6.45, 7) is 3.72. The number of halogens is 3. The Bertz CT molecular complexity index is 688. The van der Waals surface area contributed by atoms with E-state index in [9.17, 15) is 9.50 Å². The maximum absolute atomic E-state index is 14.1. The molecule has 2 aromatic rings. The molecule has 21 heavy (non-hydrogen) atoms. The molecule has 1 N–H and O–H groups in total. The summed E-state index contributed by atoms with van der Waals surface area (Å²) in [5.41, 5.74) is 2.38. The molecule has 0 fully saturated rings. The van der Waals surface area contributed by atoms with Crippen LogP contribution in [-0.2, 0) is 0 Å². The smallest absolute Gasteiger partial charge is 0.130 e. The third-order valence-corrected chi connectivity index (χ3v) is 4.50. The van der Waals surface area contributed by atoms with Gasteiger partial charge in [0.05, 0.1) is 7.11 Å². The Morgan fingerprint density at radius 1 is 1.29 bits per heavy atom. The molecular formula is C16H15BrClFO2. The summed E-state index contributed by atoms with van der Waals surface area (Å²) in [5, 5.41) is 10.9. The van der Waals surface area contributed by atoms with Gasteiger partial charge in [-0.25, -0.2) is 4.39 Å². The lowest BCUT2D eigenvalue weighted by Gasteiger charge is -2.21. The predicted molar refractivity (Wildman–Crippen MR) is 85.6 cm³/mol. The van der Waals surface area contributed by atoms with Crippen molar-refractivity contribution < 1.29 is 14.2 Å². The highest BCUT2D eigenvalue weighted by molar-refractivity contribution is 9.10. The molecule has 0 saturated carbocycles. The Hall–Kier alpha value is -1.10. The van der Waals surface area contributed by atoms with Crippen LogP contribution in [0.1, 0.15) is 28.4 Å². The Balaban J connectivity index is 2.65. The van der Waals surface area contributed by atoms with Crippen LogP contribution in [0.2, 0.25) is 5.02 Å². The van der Waals surface area contributed by atoms with Crippen molar-refractivity contribution in [3.05, 3.63) is 61.8 Å². The molecule has 1 atom stereocenters. The molecule has 2 nitrogen and oxygen atoms in total. The highest BCUT2D eigenvalue weighted by Crippen LogP contribution is 2.39. The van der Waals surface area contributed by atoms with E-state index in [0.29, 0.717) is 11.3 Å². The van der Waals surface area contributed by atoms with E-state index in [1.807, 2.05) is 19.9 Å². The quantitative estimate of drug-likeness (QED) is 0.825. The molecular weight excluding hydrogens is 359 g/mol. The van der Waals surface area contributed by atoms with Crippen LogP contribution in [-0.4, -0.2) is 12.2 Å². The van der Waals surface area contributed by atoms with Gasteiger partial charge in [0, 0.05) is 20.6 Å². The van der Waals surface area contributed by atoms with Crippen molar-refractivity contribution in [3.63, 3.8) is 0 Å². The Morgan fingerprint density at radius 3 is 2.52 bits per heavy atom. The number of aliphatic hydroxyl groups excluding tert-OH is 1. The molecule has 2 rings (SSSR count). The van der Waals surface area contributed by atoms with Gasteiger partial charge < -0.3 is 9.84 Å². The fourth-order valence-electron chi connectivity index (χ4n) is 2.35. The van der Waals surface area contributed by atoms with E-state index in [-0.39, 0.29) is 10.6 Å². The zero-order chi connectivity index (χ0) is 15.7. The maximum Gasteiger partial charge on any atom is 0.130 e. The number of methoxy groups -OCH3 is 1. The third-order valence-electron chi connectivity index (χ3n) is 3.44. The summed E-state index contributed by atoms with van der Waals surface area (Å²) in [5.74, 6) is 0.00614. The largest absolute Gasteiger partial charge is 0.496 e. The predicted octanol–water partition coefficient (Wildman–Crippen LogP) is 4.95. The Kier molecular flexibility index (Phi) is 4.91. The van der Waals surface area contributed by atoms with E-state index in [0.717, 1.165) is 15.6 Å². The standard InChI is InChI=1S/C16H15BrClFO2/c1-8-6-12(17)9(2)14(16(8)21-3)15(20)11-5-4-10(18)7-13(11)19/h4-7,15,20H,1-3H3. The number of benzene rings is 2. The Morgan fingerprint density at radius 2 is 1.95 bits per heavy atom. The summed E-state index contributed by atoms with van der Waals surface area (Å²) in [6, 6.07) is 6.13. The van der Waals surface area contributed by atoms with Gasteiger partial charge in [-0.05, 0) is 43.2 Å². The van der Waals surface area contributed by atoms with Gasteiger partial charge in [-0.3, -0.25) is 0 Å². The first kappa shape index (κ1) is 16.3. The first-order valence-corrected chi connectivity index (χ1v) is 7.50. The van der Waals surface area contributed by atoms with Crippen LogP contribution in [0.5, 0.6) is 5.75 Å². The van der Waals surface area contributed by atoms with E-state index in [4.69, 9.17) is 16.3 Å². The van der Waals surface area contributed by atoms with Gasteiger partial charge in [-0.2, -0.15) is 0 Å². The van der Waals surface area contributed by atoms with E-state index in [2.05, 4.69) is 15.9 Å². The minimum atomic E-state index is -1.13. The molecule has 0 aromatic heterocycles. The average molecular weight is 374 g/mol. The number of aliphatic hydroxyl groups is 1. The van der Waals surface area contributed by atoms with Crippen LogP contribution in [0, 0.1) is 19.7 Å². The van der Waals surface area contributed by atoms with Gasteiger partial charge in [0.15, 0.2) is 0 Å². The lowest BCUT2D eigenvalue weighted by molar-refractivity contribution is 0.208. The number of rotatable bonds is 3. The third kappa shape index (κ3) is 3.07. The molecule has 5 heteroatoms. The van der Waals surface area contributed by atoms with Crippen LogP contribution in [0.4, 0.5) is 4.39 Å². The summed E-state index contributed by atoms with van der Waals surface area (Å²) in [7, 11) is 1.53. The minimum Gasteiger partial charge on any atom is -0.496 e. The summed E-state index contributed by atoms with van der Waals surface area (Å²) in [4.78, 5) is 0. The summed E-state index contributed by atoms with van der Waals surface area (Å²) >= 11 is 9.20. The average Bonchev–Trinajstić information content (AvgIpc) is 2.41. The lowest BCUT2D eigenvalue weighted by atomic mass is 9.94. The molecule has 0 radical (unpaired) electrons. The second-order valence-corrected chi connectivity index (χ2v) is 6.11. The molecule has 0 spiro atoms. The van der Waals surface area contributed by atoms with E-state index < -0.39 is 11.9 Å². The number of hydrogen-bond donors (Lipinski definition) is 1.